The Hall–Kier alpha value is -3.81. The van der Waals surface area contributed by atoms with Crippen LogP contribution in [0.15, 0.2) is 102 Å². The van der Waals surface area contributed by atoms with Gasteiger partial charge in [0.25, 0.3) is 0 Å². The Labute approximate surface area is 226 Å². The average molecular weight is 526 g/mol. The molecule has 0 saturated heterocycles. The number of methoxy groups -OCH3 is 1. The Bertz CT molecular complexity index is 1390. The minimum absolute atomic E-state index is 0.0542. The van der Waals surface area contributed by atoms with E-state index in [4.69, 9.17) is 17.0 Å². The Morgan fingerprint density at radius 3 is 2.22 bits per heavy atom. The van der Waals surface area contributed by atoms with E-state index in [-0.39, 0.29) is 5.91 Å². The molecule has 186 valence electrons. The van der Waals surface area contributed by atoms with Gasteiger partial charge in [0, 0.05) is 10.6 Å². The quantitative estimate of drug-likeness (QED) is 0.208. The van der Waals surface area contributed by atoms with Crippen LogP contribution in [-0.2, 0) is 17.6 Å². The summed E-state index contributed by atoms with van der Waals surface area (Å²) in [7, 11) is 1.63. The monoisotopic (exact) mass is 525 g/mol. The summed E-state index contributed by atoms with van der Waals surface area (Å²) in [5.41, 5.74) is 5.97. The molecule has 1 aliphatic rings. The van der Waals surface area contributed by atoms with Crippen molar-refractivity contribution in [2.45, 2.75) is 17.7 Å². The molecule has 1 aliphatic heterocycles. The highest BCUT2D eigenvalue weighted by atomic mass is 32.2. The molecule has 5 nitrogen and oxygen atoms in total. The zero-order chi connectivity index (χ0) is 25.6. The number of nitrogens with one attached hydrogen (secondary N) is 2. The Morgan fingerprint density at radius 2 is 1.51 bits per heavy atom. The first kappa shape index (κ1) is 24.9. The highest BCUT2D eigenvalue weighted by molar-refractivity contribution is 8.00. The molecular formula is C30H27N3O2S2. The molecule has 0 unspecified atom stereocenters. The zero-order valence-electron chi connectivity index (χ0n) is 20.4. The van der Waals surface area contributed by atoms with Crippen LogP contribution >= 0.6 is 24.0 Å². The van der Waals surface area contributed by atoms with Gasteiger partial charge in [-0.3, -0.25) is 9.69 Å². The van der Waals surface area contributed by atoms with Crippen molar-refractivity contribution < 1.29 is 9.53 Å². The molecule has 7 heteroatoms. The number of fused-ring (bicyclic) bond motifs is 2. The number of ether oxygens (including phenoxy) is 1. The van der Waals surface area contributed by atoms with Gasteiger partial charge in [0.15, 0.2) is 5.11 Å². The normalized spacial score (nSPS) is 12.1. The molecule has 1 amide bonds. The Balaban J connectivity index is 1.28. The number of thiocarbonyl (C=S) groups is 1. The smallest absolute Gasteiger partial charge is 0.241 e. The van der Waals surface area contributed by atoms with Gasteiger partial charge in [-0.25, -0.2) is 0 Å². The molecule has 5 rings (SSSR count). The number of nitrogens with zero attached hydrogens (tertiary/aromatic N) is 1. The number of carbonyl (C=O) groups is 1. The van der Waals surface area contributed by atoms with Gasteiger partial charge in [-0.2, -0.15) is 0 Å². The van der Waals surface area contributed by atoms with E-state index in [1.54, 1.807) is 7.11 Å². The molecular weight excluding hydrogens is 498 g/mol. The number of benzene rings is 4. The van der Waals surface area contributed by atoms with E-state index in [9.17, 15) is 4.79 Å². The Kier molecular flexibility index (Phi) is 7.73. The SMILES string of the molecule is COc1ccccc1NC(=S)Nc1cccc(SCC(=O)N2c3ccccc3CCc3ccccc32)c1. The maximum absolute atomic E-state index is 13.6. The third kappa shape index (κ3) is 5.79. The predicted octanol–water partition coefficient (Wildman–Crippen LogP) is 7.06. The molecule has 0 atom stereocenters. The van der Waals surface area contributed by atoms with Crippen molar-refractivity contribution in [1.82, 2.24) is 0 Å². The van der Waals surface area contributed by atoms with Crippen LogP contribution in [0.25, 0.3) is 0 Å². The number of carbonyl (C=O) groups excluding carboxylic acids is 1. The van der Waals surface area contributed by atoms with Gasteiger partial charge in [-0.15, -0.1) is 11.8 Å². The van der Waals surface area contributed by atoms with Crippen LogP contribution in [0.1, 0.15) is 11.1 Å². The summed E-state index contributed by atoms with van der Waals surface area (Å²) < 4.78 is 5.38. The molecule has 0 fully saturated rings. The van der Waals surface area contributed by atoms with Crippen LogP contribution < -0.4 is 20.3 Å². The predicted molar refractivity (Wildman–Crippen MR) is 157 cm³/mol. The van der Waals surface area contributed by atoms with Crippen LogP contribution in [0.2, 0.25) is 0 Å². The Morgan fingerprint density at radius 1 is 0.865 bits per heavy atom. The topological polar surface area (TPSA) is 53.6 Å². The molecule has 4 aromatic rings. The summed E-state index contributed by atoms with van der Waals surface area (Å²) in [5, 5.41) is 6.86. The second kappa shape index (κ2) is 11.5. The first-order chi connectivity index (χ1) is 18.1. The number of amides is 1. The van der Waals surface area contributed by atoms with E-state index in [2.05, 4.69) is 22.8 Å². The number of aryl methyl sites for hydroxylation is 2. The average Bonchev–Trinajstić information content (AvgIpc) is 3.09. The maximum Gasteiger partial charge on any atom is 0.241 e. The number of hydrogen-bond acceptors (Lipinski definition) is 4. The lowest BCUT2D eigenvalue weighted by molar-refractivity contribution is -0.115. The van der Waals surface area contributed by atoms with E-state index in [0.29, 0.717) is 16.6 Å². The minimum Gasteiger partial charge on any atom is -0.495 e. The standard InChI is InChI=1S/C30H27N3O2S2/c1-35-28-16-7-4-13-25(28)32-30(36)31-23-11-8-12-24(19-23)37-20-29(34)33-26-14-5-2-9-21(26)17-18-22-10-3-6-15-27(22)33/h2-16,19H,17-18,20H2,1H3,(H2,31,32,36). The number of rotatable bonds is 6. The van der Waals surface area contributed by atoms with E-state index >= 15 is 0 Å². The summed E-state index contributed by atoms with van der Waals surface area (Å²) in [6.45, 7) is 0. The lowest BCUT2D eigenvalue weighted by atomic mass is 10.0. The van der Waals surface area contributed by atoms with Gasteiger partial charge in [-0.05, 0) is 78.7 Å². The molecule has 1 heterocycles. The van der Waals surface area contributed by atoms with Crippen molar-refractivity contribution in [2.24, 2.45) is 0 Å². The van der Waals surface area contributed by atoms with Crippen molar-refractivity contribution in [2.75, 3.05) is 28.4 Å². The van der Waals surface area contributed by atoms with Crippen molar-refractivity contribution in [3.05, 3.63) is 108 Å². The van der Waals surface area contributed by atoms with Crippen LogP contribution in [0.4, 0.5) is 22.7 Å². The third-order valence-electron chi connectivity index (χ3n) is 6.19. The molecule has 4 aromatic carbocycles. The number of thioether (sulfide) groups is 1. The highest BCUT2D eigenvalue weighted by Gasteiger charge is 2.25. The van der Waals surface area contributed by atoms with Crippen LogP contribution in [0, 0.1) is 0 Å². The summed E-state index contributed by atoms with van der Waals surface area (Å²) in [4.78, 5) is 16.5. The number of anilines is 4. The summed E-state index contributed by atoms with van der Waals surface area (Å²) in [6.07, 6.45) is 1.83. The fraction of sp³-hybridized carbons (Fsp3) is 0.133. The maximum atomic E-state index is 13.6. The largest absolute Gasteiger partial charge is 0.495 e. The lowest BCUT2D eigenvalue weighted by Gasteiger charge is -2.25. The third-order valence-corrected chi connectivity index (χ3v) is 7.37. The van der Waals surface area contributed by atoms with Gasteiger partial charge >= 0.3 is 0 Å². The molecule has 0 saturated carbocycles. The minimum atomic E-state index is 0.0542. The summed E-state index contributed by atoms with van der Waals surface area (Å²) >= 11 is 7.02. The summed E-state index contributed by atoms with van der Waals surface area (Å²) in [6, 6.07) is 31.9. The van der Waals surface area contributed by atoms with Gasteiger partial charge in [0.2, 0.25) is 5.91 Å². The molecule has 0 spiro atoms. The second-order valence-electron chi connectivity index (χ2n) is 8.58. The number of hydrogen-bond donors (Lipinski definition) is 2. The first-order valence-electron chi connectivity index (χ1n) is 12.0. The van der Waals surface area contributed by atoms with Crippen LogP contribution in [0.3, 0.4) is 0 Å². The van der Waals surface area contributed by atoms with Crippen molar-refractivity contribution in [3.63, 3.8) is 0 Å². The van der Waals surface area contributed by atoms with E-state index in [1.807, 2.05) is 89.8 Å². The highest BCUT2D eigenvalue weighted by Crippen LogP contribution is 2.37. The number of para-hydroxylation sites is 4. The van der Waals surface area contributed by atoms with Gasteiger partial charge < -0.3 is 15.4 Å². The van der Waals surface area contributed by atoms with E-state index in [0.717, 1.165) is 40.5 Å². The van der Waals surface area contributed by atoms with E-state index in [1.165, 1.54) is 22.9 Å². The van der Waals surface area contributed by atoms with E-state index < -0.39 is 0 Å². The van der Waals surface area contributed by atoms with Gasteiger partial charge in [-0.1, -0.05) is 54.6 Å². The molecule has 0 bridgehead atoms. The van der Waals surface area contributed by atoms with Crippen LogP contribution in [0.5, 0.6) is 5.75 Å². The molecule has 0 aromatic heterocycles. The molecule has 0 radical (unpaired) electrons. The van der Waals surface area contributed by atoms with Crippen molar-refractivity contribution in [3.8, 4) is 5.75 Å². The first-order valence-corrected chi connectivity index (χ1v) is 13.4. The van der Waals surface area contributed by atoms with Gasteiger partial charge in [0.1, 0.15) is 5.75 Å². The zero-order valence-corrected chi connectivity index (χ0v) is 22.1. The summed E-state index contributed by atoms with van der Waals surface area (Å²) in [5.74, 6) is 1.08. The van der Waals surface area contributed by atoms with Crippen LogP contribution in [-0.4, -0.2) is 23.9 Å². The van der Waals surface area contributed by atoms with Crippen molar-refractivity contribution >= 4 is 57.7 Å². The van der Waals surface area contributed by atoms with Crippen molar-refractivity contribution in [1.29, 1.82) is 0 Å². The molecule has 37 heavy (non-hydrogen) atoms. The fourth-order valence-electron chi connectivity index (χ4n) is 4.45. The molecule has 2 N–H and O–H groups in total. The van der Waals surface area contributed by atoms with Gasteiger partial charge in [0.05, 0.1) is 29.9 Å². The second-order valence-corrected chi connectivity index (χ2v) is 10.0. The fourth-order valence-corrected chi connectivity index (χ4v) is 5.49. The lowest BCUT2D eigenvalue weighted by Crippen LogP contribution is -2.28. The molecule has 0 aliphatic carbocycles.